The molecule has 1 aromatic heterocycles. The number of ether oxygens (including phenoxy) is 1. The molecule has 2 N–H and O–H groups in total. The molecule has 2 aliphatic rings. The monoisotopic (exact) mass is 440 g/mol. The van der Waals surface area contributed by atoms with Crippen molar-refractivity contribution in [1.82, 2.24) is 19.8 Å². The average molecular weight is 441 g/mol. The van der Waals surface area contributed by atoms with Crippen LogP contribution in [0.4, 0.5) is 16.2 Å². The molecule has 1 amide bonds. The minimum Gasteiger partial charge on any atom is -0.462 e. The lowest BCUT2D eigenvalue weighted by Crippen LogP contribution is -2.47. The zero-order chi connectivity index (χ0) is 22.7. The Kier molecular flexibility index (Phi) is 6.55. The summed E-state index contributed by atoms with van der Waals surface area (Å²) in [6.07, 6.45) is 4.66. The number of halogens is 1. The molecule has 0 radical (unpaired) electrons. The van der Waals surface area contributed by atoms with Crippen LogP contribution in [-0.4, -0.2) is 64.9 Å². The number of hydrogen-bond acceptors (Lipinski definition) is 7. The summed E-state index contributed by atoms with van der Waals surface area (Å²) >= 11 is 0. The summed E-state index contributed by atoms with van der Waals surface area (Å²) in [6.45, 7) is 8.78. The van der Waals surface area contributed by atoms with Crippen LogP contribution in [0.5, 0.6) is 5.75 Å². The molecule has 9 heteroatoms. The van der Waals surface area contributed by atoms with Gasteiger partial charge in [0.25, 0.3) is 5.91 Å². The molecule has 3 heterocycles. The van der Waals surface area contributed by atoms with Gasteiger partial charge < -0.3 is 20.3 Å². The van der Waals surface area contributed by atoms with Gasteiger partial charge in [-0.3, -0.25) is 9.69 Å². The van der Waals surface area contributed by atoms with Crippen molar-refractivity contribution in [2.45, 2.75) is 26.7 Å². The fourth-order valence-electron chi connectivity index (χ4n) is 4.01. The van der Waals surface area contributed by atoms with E-state index in [-0.39, 0.29) is 11.7 Å². The number of rotatable bonds is 6. The number of fused-ring (bicyclic) bond motifs is 1. The van der Waals surface area contributed by atoms with Crippen molar-refractivity contribution >= 4 is 17.7 Å². The maximum atomic E-state index is 13.3. The first-order valence-electron chi connectivity index (χ1n) is 10.9. The molecule has 32 heavy (non-hydrogen) atoms. The highest BCUT2D eigenvalue weighted by Gasteiger charge is 2.24. The van der Waals surface area contributed by atoms with Crippen molar-refractivity contribution in [2.75, 3.05) is 49.9 Å². The molecule has 0 spiro atoms. The second-order valence-electron chi connectivity index (χ2n) is 8.27. The Morgan fingerprint density at radius 1 is 1.12 bits per heavy atom. The first kappa shape index (κ1) is 22.0. The Morgan fingerprint density at radius 2 is 1.88 bits per heavy atom. The molecule has 0 unspecified atom stereocenters. The van der Waals surface area contributed by atoms with Crippen LogP contribution in [0.3, 0.4) is 0 Å². The fraction of sp³-hybridized carbons (Fsp3) is 0.435. The van der Waals surface area contributed by atoms with E-state index < -0.39 is 5.82 Å². The van der Waals surface area contributed by atoms with E-state index in [0.29, 0.717) is 23.8 Å². The number of unbranched alkanes of at least 4 members (excludes halogenated alkanes) is 1. The highest BCUT2D eigenvalue weighted by molar-refractivity contribution is 5.98. The van der Waals surface area contributed by atoms with Crippen LogP contribution in [0.25, 0.3) is 0 Å². The van der Waals surface area contributed by atoms with Gasteiger partial charge in [-0.1, -0.05) is 11.6 Å². The van der Waals surface area contributed by atoms with Crippen molar-refractivity contribution in [1.29, 1.82) is 0 Å². The highest BCUT2D eigenvalue weighted by atomic mass is 19.1. The smallest absolute Gasteiger partial charge is 0.261 e. The SMILES string of the molecule is CC1=COc2ccc(C)cc2C(=O)N1CCCCN1CCN(c2ncc(F)c(N)n2)CC1. The topological polar surface area (TPSA) is 87.8 Å². The third-order valence-corrected chi connectivity index (χ3v) is 5.91. The lowest BCUT2D eigenvalue weighted by atomic mass is 10.1. The molecule has 170 valence electrons. The average Bonchev–Trinajstić information content (AvgIpc) is 2.90. The second kappa shape index (κ2) is 9.52. The van der Waals surface area contributed by atoms with Crippen molar-refractivity contribution in [3.63, 3.8) is 0 Å². The third kappa shape index (κ3) is 4.83. The fourth-order valence-corrected chi connectivity index (χ4v) is 4.01. The van der Waals surface area contributed by atoms with Gasteiger partial charge in [0.15, 0.2) is 11.6 Å². The van der Waals surface area contributed by atoms with Gasteiger partial charge in [-0.15, -0.1) is 0 Å². The molecule has 0 atom stereocenters. The molecule has 8 nitrogen and oxygen atoms in total. The zero-order valence-corrected chi connectivity index (χ0v) is 18.6. The minimum absolute atomic E-state index is 0.0119. The number of benzene rings is 1. The number of anilines is 2. The number of nitrogens with zero attached hydrogens (tertiary/aromatic N) is 5. The maximum Gasteiger partial charge on any atom is 0.261 e. The van der Waals surface area contributed by atoms with E-state index in [1.54, 1.807) is 11.2 Å². The quantitative estimate of drug-likeness (QED) is 0.691. The number of carbonyl (C=O) groups is 1. The number of nitrogen functional groups attached to an aromatic ring is 1. The molecule has 2 aliphatic heterocycles. The van der Waals surface area contributed by atoms with Crippen LogP contribution in [0.15, 0.2) is 36.4 Å². The van der Waals surface area contributed by atoms with E-state index in [1.807, 2.05) is 36.9 Å². The van der Waals surface area contributed by atoms with Crippen molar-refractivity contribution in [3.05, 3.63) is 53.3 Å². The van der Waals surface area contributed by atoms with Gasteiger partial charge in [-0.2, -0.15) is 4.98 Å². The normalized spacial score (nSPS) is 17.0. The summed E-state index contributed by atoms with van der Waals surface area (Å²) in [5, 5.41) is 0. The Morgan fingerprint density at radius 3 is 2.62 bits per heavy atom. The number of aromatic nitrogens is 2. The molecule has 0 saturated carbocycles. The minimum atomic E-state index is -0.592. The molecule has 2 aromatic rings. The number of hydrogen-bond donors (Lipinski definition) is 1. The van der Waals surface area contributed by atoms with Crippen LogP contribution in [0.1, 0.15) is 35.7 Å². The van der Waals surface area contributed by atoms with Gasteiger partial charge >= 0.3 is 0 Å². The summed E-state index contributed by atoms with van der Waals surface area (Å²) in [6, 6.07) is 5.68. The van der Waals surface area contributed by atoms with Gasteiger partial charge in [0, 0.05) is 32.7 Å². The van der Waals surface area contributed by atoms with E-state index >= 15 is 0 Å². The van der Waals surface area contributed by atoms with Crippen LogP contribution >= 0.6 is 0 Å². The number of allylic oxidation sites excluding steroid dienone is 1. The van der Waals surface area contributed by atoms with Crippen LogP contribution < -0.4 is 15.4 Å². The van der Waals surface area contributed by atoms with E-state index in [0.717, 1.165) is 63.0 Å². The van der Waals surface area contributed by atoms with Crippen LogP contribution in [0.2, 0.25) is 0 Å². The number of piperazine rings is 1. The number of amides is 1. The van der Waals surface area contributed by atoms with Crippen LogP contribution in [0, 0.1) is 12.7 Å². The van der Waals surface area contributed by atoms with E-state index in [2.05, 4.69) is 14.9 Å². The Balaban J connectivity index is 1.25. The van der Waals surface area contributed by atoms with Crippen molar-refractivity contribution in [2.24, 2.45) is 0 Å². The predicted molar refractivity (Wildman–Crippen MR) is 121 cm³/mol. The van der Waals surface area contributed by atoms with E-state index in [1.165, 1.54) is 0 Å². The summed E-state index contributed by atoms with van der Waals surface area (Å²) in [5.74, 6) is 0.358. The largest absolute Gasteiger partial charge is 0.462 e. The van der Waals surface area contributed by atoms with Gasteiger partial charge in [0.2, 0.25) is 5.95 Å². The molecular formula is C23H29FN6O2. The molecular weight excluding hydrogens is 411 g/mol. The van der Waals surface area contributed by atoms with E-state index in [9.17, 15) is 9.18 Å². The van der Waals surface area contributed by atoms with E-state index in [4.69, 9.17) is 10.5 Å². The van der Waals surface area contributed by atoms with Gasteiger partial charge in [0.05, 0.1) is 17.5 Å². The Hall–Kier alpha value is -3.20. The first-order chi connectivity index (χ1) is 15.4. The molecule has 4 rings (SSSR count). The Bertz CT molecular complexity index is 1020. The standard InChI is InChI=1S/C23H29FN6O2/c1-16-5-6-20-18(13-16)22(31)30(17(2)15-32-20)8-4-3-7-28-9-11-29(12-10-28)23-26-14-19(24)21(25)27-23/h5-6,13-15H,3-4,7-12H2,1-2H3,(H2,25,26,27). The summed E-state index contributed by atoms with van der Waals surface area (Å²) < 4.78 is 19.0. The first-order valence-corrected chi connectivity index (χ1v) is 10.9. The molecule has 1 saturated heterocycles. The molecule has 0 aliphatic carbocycles. The molecule has 0 bridgehead atoms. The third-order valence-electron chi connectivity index (χ3n) is 5.91. The molecule has 1 fully saturated rings. The summed E-state index contributed by atoms with van der Waals surface area (Å²) in [5.41, 5.74) is 8.02. The maximum absolute atomic E-state index is 13.3. The summed E-state index contributed by atoms with van der Waals surface area (Å²) in [4.78, 5) is 27.4. The number of aryl methyl sites for hydroxylation is 1. The van der Waals surface area contributed by atoms with Crippen molar-refractivity contribution in [3.8, 4) is 5.75 Å². The van der Waals surface area contributed by atoms with Gasteiger partial charge in [0.1, 0.15) is 12.0 Å². The van der Waals surface area contributed by atoms with Gasteiger partial charge in [-0.25, -0.2) is 9.37 Å². The molecule has 1 aromatic carbocycles. The second-order valence-corrected chi connectivity index (χ2v) is 8.27. The summed E-state index contributed by atoms with van der Waals surface area (Å²) in [7, 11) is 0. The zero-order valence-electron chi connectivity index (χ0n) is 18.6. The lowest BCUT2D eigenvalue weighted by Gasteiger charge is -2.34. The number of nitrogens with two attached hydrogens (primary N) is 1. The van der Waals surface area contributed by atoms with Crippen molar-refractivity contribution < 1.29 is 13.9 Å². The predicted octanol–water partition coefficient (Wildman–Crippen LogP) is 2.80. The Labute approximate surface area is 187 Å². The lowest BCUT2D eigenvalue weighted by molar-refractivity contribution is 0.0804. The number of carbonyl (C=O) groups excluding carboxylic acids is 1. The highest BCUT2D eigenvalue weighted by Crippen LogP contribution is 2.27. The van der Waals surface area contributed by atoms with Crippen LogP contribution in [-0.2, 0) is 0 Å². The van der Waals surface area contributed by atoms with Gasteiger partial charge in [-0.05, 0) is 45.4 Å².